The predicted molar refractivity (Wildman–Crippen MR) is 122 cm³/mol. The minimum absolute atomic E-state index is 0.869. The minimum Gasteiger partial charge on any atom is -0.455 e. The van der Waals surface area contributed by atoms with E-state index in [4.69, 9.17) is 4.42 Å². The fourth-order valence-electron chi connectivity index (χ4n) is 4.33. The molecule has 6 rings (SSSR count). The summed E-state index contributed by atoms with van der Waals surface area (Å²) in [5.41, 5.74) is 7.12. The van der Waals surface area contributed by atoms with Gasteiger partial charge in [0, 0.05) is 45.9 Å². The number of aryl methyl sites for hydroxylation is 1. The molecule has 0 aliphatic rings. The van der Waals surface area contributed by atoms with Crippen LogP contribution in [0.5, 0.6) is 0 Å². The summed E-state index contributed by atoms with van der Waals surface area (Å²) in [5, 5.41) is 4.52. The molecular weight excluding hydrogens is 368 g/mol. The van der Waals surface area contributed by atoms with E-state index in [1.165, 1.54) is 10.9 Å². The molecule has 3 heterocycles. The van der Waals surface area contributed by atoms with Crippen LogP contribution in [0.4, 0.5) is 0 Å². The van der Waals surface area contributed by atoms with Crippen molar-refractivity contribution in [3.63, 3.8) is 0 Å². The lowest BCUT2D eigenvalue weighted by atomic mass is 9.95. The minimum atomic E-state index is 0.869. The molecule has 0 aliphatic carbocycles. The highest BCUT2D eigenvalue weighted by atomic mass is 16.3. The van der Waals surface area contributed by atoms with Gasteiger partial charge in [-0.15, -0.1) is 0 Å². The highest BCUT2D eigenvalue weighted by Crippen LogP contribution is 2.41. The van der Waals surface area contributed by atoms with Crippen molar-refractivity contribution in [2.24, 2.45) is 0 Å². The third kappa shape index (κ3) is 2.52. The average Bonchev–Trinajstić information content (AvgIpc) is 3.18. The molecule has 6 aromatic rings. The lowest BCUT2D eigenvalue weighted by Gasteiger charge is -2.09. The third-order valence-electron chi connectivity index (χ3n) is 5.66. The van der Waals surface area contributed by atoms with Gasteiger partial charge in [-0.3, -0.25) is 9.97 Å². The first-order valence-corrected chi connectivity index (χ1v) is 10.00. The third-order valence-corrected chi connectivity index (χ3v) is 5.66. The van der Waals surface area contributed by atoms with Crippen LogP contribution in [0.3, 0.4) is 0 Å². The fraction of sp³-hybridized carbons (Fsp3) is 0.0370. The Morgan fingerprint density at radius 2 is 1.47 bits per heavy atom. The van der Waals surface area contributed by atoms with Crippen LogP contribution in [0.2, 0.25) is 0 Å². The standard InChI is InChI=1S/C27H18N2O/c1-17-14-18-11-13-28-16-24(18)23(15-17)21-8-4-6-19-20-7-5-9-22(27(20)30-26(19)21)25-10-2-3-12-29-25/h2-16H,1H3. The van der Waals surface area contributed by atoms with E-state index in [9.17, 15) is 0 Å². The molecule has 0 saturated carbocycles. The van der Waals surface area contributed by atoms with E-state index in [1.807, 2.05) is 36.8 Å². The largest absolute Gasteiger partial charge is 0.455 e. The van der Waals surface area contributed by atoms with Crippen LogP contribution in [-0.4, -0.2) is 9.97 Å². The van der Waals surface area contributed by atoms with Gasteiger partial charge in [0.15, 0.2) is 0 Å². The molecule has 3 heteroatoms. The molecular formula is C27H18N2O. The van der Waals surface area contributed by atoms with Gasteiger partial charge in [-0.05, 0) is 47.7 Å². The molecule has 0 saturated heterocycles. The summed E-state index contributed by atoms with van der Waals surface area (Å²) in [6, 6.07) is 25.0. The summed E-state index contributed by atoms with van der Waals surface area (Å²) in [6.07, 6.45) is 5.59. The Hall–Kier alpha value is -3.98. The van der Waals surface area contributed by atoms with Crippen LogP contribution >= 0.6 is 0 Å². The van der Waals surface area contributed by atoms with Crippen molar-refractivity contribution in [1.82, 2.24) is 9.97 Å². The van der Waals surface area contributed by atoms with Crippen molar-refractivity contribution >= 4 is 32.7 Å². The van der Waals surface area contributed by atoms with E-state index in [-0.39, 0.29) is 0 Å². The number of hydrogen-bond acceptors (Lipinski definition) is 3. The maximum absolute atomic E-state index is 6.55. The Labute approximate surface area is 173 Å². The van der Waals surface area contributed by atoms with Crippen molar-refractivity contribution in [3.8, 4) is 22.4 Å². The van der Waals surface area contributed by atoms with Crippen molar-refractivity contribution in [2.75, 3.05) is 0 Å². The Bertz CT molecular complexity index is 1550. The monoisotopic (exact) mass is 386 g/mol. The van der Waals surface area contributed by atoms with Gasteiger partial charge in [0.2, 0.25) is 0 Å². The van der Waals surface area contributed by atoms with E-state index in [0.717, 1.165) is 49.7 Å². The van der Waals surface area contributed by atoms with Crippen molar-refractivity contribution in [3.05, 3.63) is 97.0 Å². The van der Waals surface area contributed by atoms with E-state index < -0.39 is 0 Å². The zero-order valence-electron chi connectivity index (χ0n) is 16.5. The Balaban J connectivity index is 1.70. The number of fused-ring (bicyclic) bond motifs is 4. The summed E-state index contributed by atoms with van der Waals surface area (Å²) < 4.78 is 6.55. The molecule has 0 amide bonds. The SMILES string of the molecule is Cc1cc(-c2cccc3c2oc2c(-c4ccccn4)cccc23)c2cnccc2c1. The zero-order valence-corrected chi connectivity index (χ0v) is 16.5. The normalized spacial score (nSPS) is 11.5. The summed E-state index contributed by atoms with van der Waals surface area (Å²) in [7, 11) is 0. The van der Waals surface area contributed by atoms with Gasteiger partial charge in [-0.25, -0.2) is 0 Å². The fourth-order valence-corrected chi connectivity index (χ4v) is 4.33. The maximum Gasteiger partial charge on any atom is 0.144 e. The number of rotatable bonds is 2. The van der Waals surface area contributed by atoms with Gasteiger partial charge in [-0.2, -0.15) is 0 Å². The molecule has 3 aromatic heterocycles. The number of pyridine rings is 2. The first-order chi connectivity index (χ1) is 14.8. The van der Waals surface area contributed by atoms with E-state index >= 15 is 0 Å². The Kier molecular flexibility index (Phi) is 3.68. The smallest absolute Gasteiger partial charge is 0.144 e. The second kappa shape index (κ2) is 6.53. The predicted octanol–water partition coefficient (Wildman–Crippen LogP) is 7.17. The van der Waals surface area contributed by atoms with Crippen LogP contribution in [0.15, 0.2) is 95.8 Å². The number of benzene rings is 3. The van der Waals surface area contributed by atoms with E-state index in [0.29, 0.717) is 0 Å². The molecule has 30 heavy (non-hydrogen) atoms. The molecule has 0 aliphatic heterocycles. The average molecular weight is 386 g/mol. The van der Waals surface area contributed by atoms with Crippen molar-refractivity contribution < 1.29 is 4.42 Å². The lowest BCUT2D eigenvalue weighted by molar-refractivity contribution is 0.671. The van der Waals surface area contributed by atoms with Crippen molar-refractivity contribution in [2.45, 2.75) is 6.92 Å². The molecule has 0 bridgehead atoms. The second-order valence-electron chi connectivity index (χ2n) is 7.59. The quantitative estimate of drug-likeness (QED) is 0.317. The van der Waals surface area contributed by atoms with Gasteiger partial charge in [0.25, 0.3) is 0 Å². The molecule has 0 atom stereocenters. The van der Waals surface area contributed by atoms with Crippen LogP contribution in [0.25, 0.3) is 55.1 Å². The highest BCUT2D eigenvalue weighted by molar-refractivity contribution is 6.14. The van der Waals surface area contributed by atoms with Crippen LogP contribution in [0, 0.1) is 6.92 Å². The molecule has 0 fully saturated rings. The highest BCUT2D eigenvalue weighted by Gasteiger charge is 2.17. The summed E-state index contributed by atoms with van der Waals surface area (Å²) in [6.45, 7) is 2.13. The molecule has 0 N–H and O–H groups in total. The maximum atomic E-state index is 6.55. The molecule has 3 nitrogen and oxygen atoms in total. The number of para-hydroxylation sites is 2. The summed E-state index contributed by atoms with van der Waals surface area (Å²) >= 11 is 0. The van der Waals surface area contributed by atoms with Crippen LogP contribution < -0.4 is 0 Å². The van der Waals surface area contributed by atoms with Crippen LogP contribution in [0.1, 0.15) is 5.56 Å². The summed E-state index contributed by atoms with van der Waals surface area (Å²) in [4.78, 5) is 8.90. The van der Waals surface area contributed by atoms with Gasteiger partial charge in [0.1, 0.15) is 11.2 Å². The number of aromatic nitrogens is 2. The van der Waals surface area contributed by atoms with Crippen LogP contribution in [-0.2, 0) is 0 Å². The van der Waals surface area contributed by atoms with Gasteiger partial charge in [0.05, 0.1) is 5.69 Å². The first-order valence-electron chi connectivity index (χ1n) is 10.00. The number of furan rings is 1. The second-order valence-corrected chi connectivity index (χ2v) is 7.59. The lowest BCUT2D eigenvalue weighted by Crippen LogP contribution is -1.86. The molecule has 0 unspecified atom stereocenters. The van der Waals surface area contributed by atoms with Gasteiger partial charge in [-0.1, -0.05) is 48.5 Å². The number of hydrogen-bond donors (Lipinski definition) is 0. The van der Waals surface area contributed by atoms with Gasteiger partial charge < -0.3 is 4.42 Å². The molecule has 0 radical (unpaired) electrons. The van der Waals surface area contributed by atoms with Crippen molar-refractivity contribution in [1.29, 1.82) is 0 Å². The topological polar surface area (TPSA) is 38.9 Å². The zero-order chi connectivity index (χ0) is 20.1. The molecule has 3 aromatic carbocycles. The van der Waals surface area contributed by atoms with E-state index in [2.05, 4.69) is 71.5 Å². The van der Waals surface area contributed by atoms with Gasteiger partial charge >= 0.3 is 0 Å². The van der Waals surface area contributed by atoms with E-state index in [1.54, 1.807) is 0 Å². The Morgan fingerprint density at radius 1 is 0.667 bits per heavy atom. The summed E-state index contributed by atoms with van der Waals surface area (Å²) in [5.74, 6) is 0. The molecule has 0 spiro atoms. The Morgan fingerprint density at radius 3 is 2.27 bits per heavy atom. The number of nitrogens with zero attached hydrogens (tertiary/aromatic N) is 2. The molecule has 142 valence electrons. The first kappa shape index (κ1) is 16.9.